The first-order valence-corrected chi connectivity index (χ1v) is 7.38. The van der Waals surface area contributed by atoms with Crippen molar-refractivity contribution in [2.75, 3.05) is 0 Å². The monoisotopic (exact) mass is 344 g/mol. The SMILES string of the molecule is C=C(C)C(=O)OOC(=O)/C(C)=C(\OC(=O)C(=C)C)c1ccccc1C. The lowest BCUT2D eigenvalue weighted by Crippen LogP contribution is -2.15. The summed E-state index contributed by atoms with van der Waals surface area (Å²) in [5, 5.41) is 0. The Bertz CT molecular complexity index is 770. The summed E-state index contributed by atoms with van der Waals surface area (Å²) in [5.74, 6) is -2.54. The molecule has 0 aliphatic heterocycles. The molecule has 0 atom stereocenters. The van der Waals surface area contributed by atoms with Gasteiger partial charge in [-0.05, 0) is 33.3 Å². The number of rotatable bonds is 5. The zero-order chi connectivity index (χ0) is 19.1. The Hall–Kier alpha value is -3.15. The highest BCUT2D eigenvalue weighted by Crippen LogP contribution is 2.25. The summed E-state index contributed by atoms with van der Waals surface area (Å²) in [6.45, 7) is 13.0. The van der Waals surface area contributed by atoms with Crippen LogP contribution in [0.5, 0.6) is 0 Å². The van der Waals surface area contributed by atoms with Crippen molar-refractivity contribution in [3.05, 3.63) is 65.3 Å². The van der Waals surface area contributed by atoms with Gasteiger partial charge in [0.1, 0.15) is 5.76 Å². The van der Waals surface area contributed by atoms with Crippen LogP contribution in [0.2, 0.25) is 0 Å². The van der Waals surface area contributed by atoms with E-state index in [0.29, 0.717) is 5.56 Å². The van der Waals surface area contributed by atoms with Crippen LogP contribution >= 0.6 is 0 Å². The van der Waals surface area contributed by atoms with Gasteiger partial charge in [-0.2, -0.15) is 0 Å². The molecule has 0 aliphatic rings. The van der Waals surface area contributed by atoms with E-state index in [1.54, 1.807) is 31.2 Å². The van der Waals surface area contributed by atoms with Crippen LogP contribution < -0.4 is 0 Å². The molecule has 0 spiro atoms. The summed E-state index contributed by atoms with van der Waals surface area (Å²) in [5.41, 5.74) is 1.50. The van der Waals surface area contributed by atoms with Gasteiger partial charge in [0.05, 0.1) is 5.57 Å². The summed E-state index contributed by atoms with van der Waals surface area (Å²) < 4.78 is 5.30. The molecule has 0 saturated heterocycles. The normalized spacial score (nSPS) is 11.0. The minimum absolute atomic E-state index is 0.00229. The Kier molecular flexibility index (Phi) is 6.87. The van der Waals surface area contributed by atoms with Crippen LogP contribution in [-0.2, 0) is 28.9 Å². The molecule has 25 heavy (non-hydrogen) atoms. The van der Waals surface area contributed by atoms with E-state index < -0.39 is 17.9 Å². The highest BCUT2D eigenvalue weighted by atomic mass is 17.2. The first-order valence-electron chi connectivity index (χ1n) is 7.38. The summed E-state index contributed by atoms with van der Waals surface area (Å²) >= 11 is 0. The molecule has 132 valence electrons. The topological polar surface area (TPSA) is 78.9 Å². The zero-order valence-corrected chi connectivity index (χ0v) is 14.7. The van der Waals surface area contributed by atoms with Gasteiger partial charge >= 0.3 is 17.9 Å². The summed E-state index contributed by atoms with van der Waals surface area (Å²) in [7, 11) is 0. The van der Waals surface area contributed by atoms with E-state index in [-0.39, 0.29) is 22.5 Å². The Morgan fingerprint density at radius 1 is 0.840 bits per heavy atom. The van der Waals surface area contributed by atoms with Crippen molar-refractivity contribution in [2.45, 2.75) is 27.7 Å². The molecule has 0 heterocycles. The number of carbonyl (C=O) groups excluding carboxylic acids is 3. The van der Waals surface area contributed by atoms with Crippen molar-refractivity contribution in [2.24, 2.45) is 0 Å². The Labute approximate surface area is 146 Å². The lowest BCUT2D eigenvalue weighted by molar-refractivity contribution is -0.252. The van der Waals surface area contributed by atoms with E-state index in [1.165, 1.54) is 20.8 Å². The largest absolute Gasteiger partial charge is 0.422 e. The molecule has 0 saturated carbocycles. The molecule has 1 aromatic rings. The minimum Gasteiger partial charge on any atom is -0.422 e. The fourth-order valence-electron chi connectivity index (χ4n) is 1.64. The van der Waals surface area contributed by atoms with Crippen LogP contribution in [0.25, 0.3) is 5.76 Å². The van der Waals surface area contributed by atoms with Crippen LogP contribution in [0.15, 0.2) is 54.1 Å². The molecule has 0 fully saturated rings. The second-order valence-corrected chi connectivity index (χ2v) is 5.46. The first-order chi connectivity index (χ1) is 11.6. The molecule has 1 rings (SSSR count). The van der Waals surface area contributed by atoms with Crippen LogP contribution in [0, 0.1) is 6.92 Å². The molecule has 6 heteroatoms. The van der Waals surface area contributed by atoms with Crippen molar-refractivity contribution >= 4 is 23.7 Å². The van der Waals surface area contributed by atoms with Gasteiger partial charge < -0.3 is 4.74 Å². The number of aryl methyl sites for hydroxylation is 1. The average molecular weight is 344 g/mol. The van der Waals surface area contributed by atoms with Gasteiger partial charge in [0.2, 0.25) is 0 Å². The molecular formula is C19H20O6. The molecule has 0 radical (unpaired) electrons. The lowest BCUT2D eigenvalue weighted by Gasteiger charge is -2.14. The van der Waals surface area contributed by atoms with Crippen molar-refractivity contribution in [3.8, 4) is 0 Å². The molecule has 1 aromatic carbocycles. The van der Waals surface area contributed by atoms with Gasteiger partial charge in [0, 0.05) is 16.7 Å². The van der Waals surface area contributed by atoms with Crippen LogP contribution in [0.1, 0.15) is 31.9 Å². The fourth-order valence-corrected chi connectivity index (χ4v) is 1.64. The third kappa shape index (κ3) is 5.46. The smallest absolute Gasteiger partial charge is 0.385 e. The average Bonchev–Trinajstić information content (AvgIpc) is 2.56. The second-order valence-electron chi connectivity index (χ2n) is 5.46. The highest BCUT2D eigenvalue weighted by molar-refractivity contribution is 6.00. The van der Waals surface area contributed by atoms with Gasteiger partial charge in [-0.15, -0.1) is 0 Å². The van der Waals surface area contributed by atoms with E-state index in [4.69, 9.17) is 4.74 Å². The van der Waals surface area contributed by atoms with Crippen LogP contribution in [0.3, 0.4) is 0 Å². The molecule has 0 aromatic heterocycles. The maximum atomic E-state index is 12.1. The molecule has 0 bridgehead atoms. The number of ether oxygens (including phenoxy) is 1. The molecule has 6 nitrogen and oxygen atoms in total. The Balaban J connectivity index is 3.21. The Morgan fingerprint density at radius 2 is 1.36 bits per heavy atom. The predicted molar refractivity (Wildman–Crippen MR) is 91.7 cm³/mol. The third-order valence-corrected chi connectivity index (χ3v) is 3.12. The minimum atomic E-state index is -0.970. The fraction of sp³-hybridized carbons (Fsp3) is 0.211. The Morgan fingerprint density at radius 3 is 1.88 bits per heavy atom. The maximum absolute atomic E-state index is 12.1. The summed E-state index contributed by atoms with van der Waals surface area (Å²) in [4.78, 5) is 44.2. The number of hydrogen-bond donors (Lipinski definition) is 0. The molecule has 0 N–H and O–H groups in total. The van der Waals surface area contributed by atoms with Crippen molar-refractivity contribution in [1.29, 1.82) is 0 Å². The van der Waals surface area contributed by atoms with Crippen LogP contribution in [0.4, 0.5) is 0 Å². The molecule has 0 unspecified atom stereocenters. The summed E-state index contributed by atoms with van der Waals surface area (Å²) in [6, 6.07) is 7.02. The van der Waals surface area contributed by atoms with Crippen molar-refractivity contribution in [1.82, 2.24) is 0 Å². The number of esters is 1. The van der Waals surface area contributed by atoms with E-state index >= 15 is 0 Å². The summed E-state index contributed by atoms with van der Waals surface area (Å²) in [6.07, 6.45) is 0. The van der Waals surface area contributed by atoms with Gasteiger partial charge in [0.15, 0.2) is 0 Å². The van der Waals surface area contributed by atoms with Gasteiger partial charge in [-0.1, -0.05) is 37.4 Å². The van der Waals surface area contributed by atoms with E-state index in [2.05, 4.69) is 22.9 Å². The lowest BCUT2D eigenvalue weighted by atomic mass is 10.0. The van der Waals surface area contributed by atoms with Gasteiger partial charge in [-0.25, -0.2) is 24.2 Å². The third-order valence-electron chi connectivity index (χ3n) is 3.12. The standard InChI is InChI=1S/C19H20O6/c1-11(2)17(20)23-16(15-10-8-7-9-13(15)5)14(6)19(22)25-24-18(21)12(3)4/h7-10H,1,3H2,2,4-6H3/b16-14-. The van der Waals surface area contributed by atoms with E-state index in [1.807, 2.05) is 0 Å². The van der Waals surface area contributed by atoms with Crippen molar-refractivity contribution < 1.29 is 28.9 Å². The predicted octanol–water partition coefficient (Wildman–Crippen LogP) is 3.42. The molecule has 0 aliphatic carbocycles. The quantitative estimate of drug-likeness (QED) is 0.268. The van der Waals surface area contributed by atoms with Crippen molar-refractivity contribution in [3.63, 3.8) is 0 Å². The van der Waals surface area contributed by atoms with E-state index in [0.717, 1.165) is 5.56 Å². The van der Waals surface area contributed by atoms with Gasteiger partial charge in [0.25, 0.3) is 0 Å². The molecule has 0 amide bonds. The zero-order valence-electron chi connectivity index (χ0n) is 14.7. The first kappa shape index (κ1) is 19.9. The molecular weight excluding hydrogens is 324 g/mol. The van der Waals surface area contributed by atoms with Gasteiger partial charge in [-0.3, -0.25) is 0 Å². The number of carbonyl (C=O) groups is 3. The number of hydrogen-bond acceptors (Lipinski definition) is 6. The highest BCUT2D eigenvalue weighted by Gasteiger charge is 2.22. The maximum Gasteiger partial charge on any atom is 0.385 e. The van der Waals surface area contributed by atoms with Crippen LogP contribution in [-0.4, -0.2) is 17.9 Å². The number of benzene rings is 1. The second kappa shape index (κ2) is 8.63. The van der Waals surface area contributed by atoms with E-state index in [9.17, 15) is 14.4 Å².